The third-order valence-corrected chi connectivity index (χ3v) is 3.66. The summed E-state index contributed by atoms with van der Waals surface area (Å²) in [5.74, 6) is 0.434. The van der Waals surface area contributed by atoms with Gasteiger partial charge < -0.3 is 4.74 Å². The summed E-state index contributed by atoms with van der Waals surface area (Å²) in [6, 6.07) is 12.1. The van der Waals surface area contributed by atoms with Crippen molar-refractivity contribution >= 4 is 11.6 Å². The minimum absolute atomic E-state index is 0.0969. The molecule has 0 bridgehead atoms. The minimum Gasteiger partial charge on any atom is -0.494 e. The highest BCUT2D eigenvalue weighted by Crippen LogP contribution is 2.29. The van der Waals surface area contributed by atoms with Gasteiger partial charge in [-0.05, 0) is 24.6 Å². The Labute approximate surface area is 123 Å². The van der Waals surface area contributed by atoms with Crippen LogP contribution in [0.4, 0.5) is 0 Å². The van der Waals surface area contributed by atoms with Gasteiger partial charge in [0.2, 0.25) is 0 Å². The minimum atomic E-state index is -0.110. The van der Waals surface area contributed by atoms with Crippen LogP contribution in [0.3, 0.4) is 0 Å². The van der Waals surface area contributed by atoms with Gasteiger partial charge in [-0.25, -0.2) is 0 Å². The van der Waals surface area contributed by atoms with Crippen molar-refractivity contribution in [1.29, 1.82) is 0 Å². The first-order valence-corrected chi connectivity index (χ1v) is 7.17. The van der Waals surface area contributed by atoms with Gasteiger partial charge in [0.05, 0.1) is 6.61 Å². The van der Waals surface area contributed by atoms with Crippen LogP contribution in [0.15, 0.2) is 42.5 Å². The van der Waals surface area contributed by atoms with Gasteiger partial charge in [0.1, 0.15) is 5.75 Å². The smallest absolute Gasteiger partial charge is 0.194 e. The Morgan fingerprint density at radius 2 is 1.48 bits per heavy atom. The maximum atomic E-state index is 12.5. The summed E-state index contributed by atoms with van der Waals surface area (Å²) in [6.45, 7) is 2.71. The maximum absolute atomic E-state index is 12.5. The van der Waals surface area contributed by atoms with E-state index in [1.54, 1.807) is 42.5 Å². The van der Waals surface area contributed by atoms with Crippen LogP contribution in [0.25, 0.3) is 0 Å². The van der Waals surface area contributed by atoms with E-state index in [4.69, 9.17) is 4.74 Å². The second-order valence-electron chi connectivity index (χ2n) is 5.11. The zero-order valence-electron chi connectivity index (χ0n) is 11.9. The van der Waals surface area contributed by atoms with Gasteiger partial charge in [0.15, 0.2) is 11.6 Å². The Morgan fingerprint density at radius 1 is 0.857 bits per heavy atom. The lowest BCUT2D eigenvalue weighted by Gasteiger charge is -2.18. The molecular formula is C18H16O3. The zero-order chi connectivity index (χ0) is 14.8. The lowest BCUT2D eigenvalue weighted by molar-refractivity contribution is 0.0978. The predicted molar refractivity (Wildman–Crippen MR) is 80.2 cm³/mol. The summed E-state index contributed by atoms with van der Waals surface area (Å²) >= 11 is 0. The molecule has 0 aromatic heterocycles. The highest BCUT2D eigenvalue weighted by atomic mass is 16.5. The van der Waals surface area contributed by atoms with Crippen molar-refractivity contribution < 1.29 is 14.3 Å². The lowest BCUT2D eigenvalue weighted by atomic mass is 9.84. The van der Waals surface area contributed by atoms with Gasteiger partial charge in [0, 0.05) is 22.3 Å². The molecule has 3 nitrogen and oxygen atoms in total. The van der Waals surface area contributed by atoms with E-state index in [0.717, 1.165) is 12.8 Å². The number of carbonyl (C=O) groups excluding carboxylic acids is 2. The SMILES string of the molecule is CCCCOc1ccc2c(c1)C(=O)c1ccccc1C2=O. The van der Waals surface area contributed by atoms with Crippen LogP contribution in [0.2, 0.25) is 0 Å². The second-order valence-corrected chi connectivity index (χ2v) is 5.11. The number of unbranched alkanes of at least 4 members (excludes halogenated alkanes) is 1. The average molecular weight is 280 g/mol. The largest absolute Gasteiger partial charge is 0.494 e. The first-order chi connectivity index (χ1) is 10.2. The van der Waals surface area contributed by atoms with Crippen molar-refractivity contribution in [1.82, 2.24) is 0 Å². The normalized spacial score (nSPS) is 12.8. The Hall–Kier alpha value is -2.42. The number of ether oxygens (including phenoxy) is 1. The fourth-order valence-corrected chi connectivity index (χ4v) is 2.50. The number of rotatable bonds is 4. The topological polar surface area (TPSA) is 43.4 Å². The van der Waals surface area contributed by atoms with Crippen molar-refractivity contribution in [2.45, 2.75) is 19.8 Å². The van der Waals surface area contributed by atoms with Crippen LogP contribution in [0.5, 0.6) is 5.75 Å². The Balaban J connectivity index is 1.99. The molecule has 3 heteroatoms. The highest BCUT2D eigenvalue weighted by Gasteiger charge is 2.29. The Kier molecular flexibility index (Phi) is 3.57. The summed E-state index contributed by atoms with van der Waals surface area (Å²) in [7, 11) is 0. The van der Waals surface area contributed by atoms with Gasteiger partial charge in [0.25, 0.3) is 0 Å². The molecule has 0 heterocycles. The van der Waals surface area contributed by atoms with Crippen molar-refractivity contribution in [2.24, 2.45) is 0 Å². The molecule has 1 aliphatic rings. The first-order valence-electron chi connectivity index (χ1n) is 7.17. The van der Waals surface area contributed by atoms with Crippen LogP contribution in [0, 0.1) is 0 Å². The molecule has 2 aromatic rings. The molecule has 0 aliphatic heterocycles. The summed E-state index contributed by atoms with van der Waals surface area (Å²) in [5.41, 5.74) is 1.85. The van der Waals surface area contributed by atoms with Crippen LogP contribution < -0.4 is 4.74 Å². The monoisotopic (exact) mass is 280 g/mol. The van der Waals surface area contributed by atoms with Crippen LogP contribution >= 0.6 is 0 Å². The molecule has 0 atom stereocenters. The number of fused-ring (bicyclic) bond motifs is 2. The molecule has 0 fully saturated rings. The standard InChI is InChI=1S/C18H16O3/c1-2-3-10-21-12-8-9-15-16(11-12)18(20)14-7-5-4-6-13(14)17(15)19/h4-9,11H,2-3,10H2,1H3. The molecular weight excluding hydrogens is 264 g/mol. The molecule has 0 saturated carbocycles. The number of hydrogen-bond donors (Lipinski definition) is 0. The summed E-state index contributed by atoms with van der Waals surface area (Å²) < 4.78 is 5.62. The predicted octanol–water partition coefficient (Wildman–Crippen LogP) is 3.64. The molecule has 1 aliphatic carbocycles. The average Bonchev–Trinajstić information content (AvgIpc) is 2.53. The second kappa shape index (κ2) is 5.52. The van der Waals surface area contributed by atoms with E-state index < -0.39 is 0 Å². The third-order valence-electron chi connectivity index (χ3n) is 3.66. The molecule has 0 radical (unpaired) electrons. The molecule has 21 heavy (non-hydrogen) atoms. The fourth-order valence-electron chi connectivity index (χ4n) is 2.50. The number of carbonyl (C=O) groups is 2. The van der Waals surface area contributed by atoms with Crippen molar-refractivity contribution in [3.8, 4) is 5.75 Å². The molecule has 106 valence electrons. The number of benzene rings is 2. The summed E-state index contributed by atoms with van der Waals surface area (Å²) in [4.78, 5) is 25.0. The van der Waals surface area contributed by atoms with E-state index in [-0.39, 0.29) is 11.6 Å². The van der Waals surface area contributed by atoms with Gasteiger partial charge >= 0.3 is 0 Å². The molecule has 0 amide bonds. The van der Waals surface area contributed by atoms with Gasteiger partial charge in [-0.3, -0.25) is 9.59 Å². The maximum Gasteiger partial charge on any atom is 0.194 e. The van der Waals surface area contributed by atoms with Gasteiger partial charge in [-0.2, -0.15) is 0 Å². The zero-order valence-corrected chi connectivity index (χ0v) is 11.9. The Bertz CT molecular complexity index is 716. The first kappa shape index (κ1) is 13.6. The van der Waals surface area contributed by atoms with E-state index in [0.29, 0.717) is 34.6 Å². The summed E-state index contributed by atoms with van der Waals surface area (Å²) in [5, 5.41) is 0. The van der Waals surface area contributed by atoms with Crippen molar-refractivity contribution in [3.63, 3.8) is 0 Å². The number of ketones is 2. The lowest BCUT2D eigenvalue weighted by Crippen LogP contribution is -2.20. The van der Waals surface area contributed by atoms with E-state index in [2.05, 4.69) is 6.92 Å². The van der Waals surface area contributed by atoms with Crippen LogP contribution in [-0.4, -0.2) is 18.2 Å². The van der Waals surface area contributed by atoms with E-state index in [9.17, 15) is 9.59 Å². The van der Waals surface area contributed by atoms with Crippen LogP contribution in [-0.2, 0) is 0 Å². The van der Waals surface area contributed by atoms with Crippen molar-refractivity contribution in [2.75, 3.05) is 6.61 Å². The Morgan fingerprint density at radius 3 is 2.14 bits per heavy atom. The van der Waals surface area contributed by atoms with E-state index in [1.807, 2.05) is 0 Å². The van der Waals surface area contributed by atoms with E-state index in [1.165, 1.54) is 0 Å². The summed E-state index contributed by atoms with van der Waals surface area (Å²) in [6.07, 6.45) is 2.02. The fraction of sp³-hybridized carbons (Fsp3) is 0.222. The molecule has 0 unspecified atom stereocenters. The number of hydrogen-bond acceptors (Lipinski definition) is 3. The highest BCUT2D eigenvalue weighted by molar-refractivity contribution is 6.28. The molecule has 0 N–H and O–H groups in total. The molecule has 0 saturated heterocycles. The van der Waals surface area contributed by atoms with Gasteiger partial charge in [-0.15, -0.1) is 0 Å². The van der Waals surface area contributed by atoms with Gasteiger partial charge in [-0.1, -0.05) is 37.6 Å². The molecule has 3 rings (SSSR count). The third kappa shape index (κ3) is 2.35. The molecule has 2 aromatic carbocycles. The molecule has 0 spiro atoms. The quantitative estimate of drug-likeness (QED) is 0.685. The van der Waals surface area contributed by atoms with E-state index >= 15 is 0 Å². The van der Waals surface area contributed by atoms with Crippen LogP contribution in [0.1, 0.15) is 51.6 Å². The van der Waals surface area contributed by atoms with Crippen molar-refractivity contribution in [3.05, 3.63) is 64.7 Å².